The zero-order chi connectivity index (χ0) is 17.6. The Balaban J connectivity index is 1.42. The Morgan fingerprint density at radius 3 is 2.88 bits per heavy atom. The van der Waals surface area contributed by atoms with Gasteiger partial charge in [0.2, 0.25) is 5.91 Å². The van der Waals surface area contributed by atoms with Crippen molar-refractivity contribution in [2.75, 3.05) is 19.6 Å². The summed E-state index contributed by atoms with van der Waals surface area (Å²) in [4.78, 5) is 30.1. The standard InChI is InChI=1S/C19H29N3O2S/c1-2-22(16-6-4-3-5-7-16)19(24)20-11-8-18(23)21-12-9-17-15(14-21)10-13-25-17/h10,13,16H,2-9,11-12,14H2,1H3,(H,20,24). The van der Waals surface area contributed by atoms with E-state index in [9.17, 15) is 9.59 Å². The number of fused-ring (bicyclic) bond motifs is 1. The van der Waals surface area contributed by atoms with Crippen molar-refractivity contribution in [3.63, 3.8) is 0 Å². The molecule has 0 radical (unpaired) electrons. The third-order valence-electron chi connectivity index (χ3n) is 5.39. The minimum Gasteiger partial charge on any atom is -0.338 e. The fraction of sp³-hybridized carbons (Fsp3) is 0.684. The first kappa shape index (κ1) is 18.2. The van der Waals surface area contributed by atoms with E-state index in [4.69, 9.17) is 0 Å². The van der Waals surface area contributed by atoms with E-state index in [0.717, 1.165) is 38.9 Å². The van der Waals surface area contributed by atoms with Crippen LogP contribution in [0.3, 0.4) is 0 Å². The molecule has 3 rings (SSSR count). The van der Waals surface area contributed by atoms with Gasteiger partial charge >= 0.3 is 6.03 Å². The Kier molecular flexibility index (Phi) is 6.34. The summed E-state index contributed by atoms with van der Waals surface area (Å²) >= 11 is 1.78. The molecule has 1 saturated carbocycles. The van der Waals surface area contributed by atoms with E-state index in [1.807, 2.05) is 16.7 Å². The maximum Gasteiger partial charge on any atom is 0.317 e. The minimum absolute atomic E-state index is 0.0130. The minimum atomic E-state index is -0.0130. The van der Waals surface area contributed by atoms with Crippen molar-refractivity contribution in [3.05, 3.63) is 21.9 Å². The molecule has 3 amide bonds. The van der Waals surface area contributed by atoms with Crippen molar-refractivity contribution < 1.29 is 9.59 Å². The summed E-state index contributed by atoms with van der Waals surface area (Å²) in [6, 6.07) is 2.47. The first-order valence-corrected chi connectivity index (χ1v) is 10.4. The number of amides is 3. The van der Waals surface area contributed by atoms with Gasteiger partial charge < -0.3 is 15.1 Å². The molecule has 5 nitrogen and oxygen atoms in total. The molecule has 0 aromatic carbocycles. The molecule has 0 bridgehead atoms. The molecule has 0 spiro atoms. The predicted octanol–water partition coefficient (Wildman–Crippen LogP) is 3.39. The van der Waals surface area contributed by atoms with Crippen molar-refractivity contribution in [1.82, 2.24) is 15.1 Å². The number of carbonyl (C=O) groups excluding carboxylic acids is 2. The fourth-order valence-corrected chi connectivity index (χ4v) is 4.85. The quantitative estimate of drug-likeness (QED) is 0.872. The van der Waals surface area contributed by atoms with Gasteiger partial charge in [0.1, 0.15) is 0 Å². The molecular formula is C19H29N3O2S. The highest BCUT2D eigenvalue weighted by molar-refractivity contribution is 7.10. The molecule has 0 unspecified atom stereocenters. The fourth-order valence-electron chi connectivity index (χ4n) is 3.96. The van der Waals surface area contributed by atoms with Crippen LogP contribution in [0.15, 0.2) is 11.4 Å². The van der Waals surface area contributed by atoms with Gasteiger partial charge in [0.05, 0.1) is 0 Å². The highest BCUT2D eigenvalue weighted by Gasteiger charge is 2.25. The first-order valence-electron chi connectivity index (χ1n) is 9.56. The Morgan fingerprint density at radius 2 is 2.12 bits per heavy atom. The maximum atomic E-state index is 12.5. The van der Waals surface area contributed by atoms with Crippen LogP contribution in [0.5, 0.6) is 0 Å². The van der Waals surface area contributed by atoms with Crippen LogP contribution >= 0.6 is 11.3 Å². The van der Waals surface area contributed by atoms with Gasteiger partial charge in [-0.05, 0) is 43.2 Å². The average Bonchev–Trinajstić information content (AvgIpc) is 3.11. The molecule has 138 valence electrons. The third-order valence-corrected chi connectivity index (χ3v) is 6.42. The second-order valence-corrected chi connectivity index (χ2v) is 7.99. The number of urea groups is 1. The molecule has 25 heavy (non-hydrogen) atoms. The SMILES string of the molecule is CCN(C(=O)NCCC(=O)N1CCc2sccc2C1)C1CCCCC1. The number of thiophene rings is 1. The van der Waals surface area contributed by atoms with E-state index in [1.165, 1.54) is 29.7 Å². The van der Waals surface area contributed by atoms with Crippen molar-refractivity contribution in [3.8, 4) is 0 Å². The summed E-state index contributed by atoms with van der Waals surface area (Å²) in [5.41, 5.74) is 1.28. The van der Waals surface area contributed by atoms with E-state index in [1.54, 1.807) is 11.3 Å². The van der Waals surface area contributed by atoms with Crippen LogP contribution in [-0.2, 0) is 17.8 Å². The molecule has 1 aliphatic heterocycles. The molecule has 6 heteroatoms. The number of nitrogens with zero attached hydrogens (tertiary/aromatic N) is 2. The van der Waals surface area contributed by atoms with E-state index < -0.39 is 0 Å². The van der Waals surface area contributed by atoms with Crippen LogP contribution in [0.25, 0.3) is 0 Å². The summed E-state index contributed by atoms with van der Waals surface area (Å²) in [7, 11) is 0. The van der Waals surface area contributed by atoms with Gasteiger partial charge in [-0.3, -0.25) is 4.79 Å². The lowest BCUT2D eigenvalue weighted by Crippen LogP contribution is -2.47. The predicted molar refractivity (Wildman–Crippen MR) is 101 cm³/mol. The van der Waals surface area contributed by atoms with Crippen LogP contribution in [-0.4, -0.2) is 47.4 Å². The molecule has 1 aromatic heterocycles. The summed E-state index contributed by atoms with van der Waals surface area (Å²) < 4.78 is 0. The van der Waals surface area contributed by atoms with Gasteiger partial charge in [-0.25, -0.2) is 4.79 Å². The average molecular weight is 364 g/mol. The van der Waals surface area contributed by atoms with Gasteiger partial charge in [0, 0.05) is 43.5 Å². The van der Waals surface area contributed by atoms with Crippen LogP contribution < -0.4 is 5.32 Å². The maximum absolute atomic E-state index is 12.5. The zero-order valence-electron chi connectivity index (χ0n) is 15.1. The van der Waals surface area contributed by atoms with Gasteiger partial charge in [-0.15, -0.1) is 11.3 Å². The lowest BCUT2D eigenvalue weighted by molar-refractivity contribution is -0.131. The van der Waals surface area contributed by atoms with Crippen LogP contribution in [0.2, 0.25) is 0 Å². The largest absolute Gasteiger partial charge is 0.338 e. The number of carbonyl (C=O) groups is 2. The second kappa shape index (κ2) is 8.70. The highest BCUT2D eigenvalue weighted by atomic mass is 32.1. The van der Waals surface area contributed by atoms with Gasteiger partial charge in [0.15, 0.2) is 0 Å². The van der Waals surface area contributed by atoms with E-state index in [-0.39, 0.29) is 11.9 Å². The molecular weight excluding hydrogens is 334 g/mol. The van der Waals surface area contributed by atoms with Crippen molar-refractivity contribution >= 4 is 23.3 Å². The Hall–Kier alpha value is -1.56. The Labute approximate surface area is 154 Å². The topological polar surface area (TPSA) is 52.7 Å². The lowest BCUT2D eigenvalue weighted by atomic mass is 9.94. The summed E-state index contributed by atoms with van der Waals surface area (Å²) in [6.45, 7) is 4.70. The van der Waals surface area contributed by atoms with E-state index in [2.05, 4.69) is 16.8 Å². The monoisotopic (exact) mass is 363 g/mol. The van der Waals surface area contributed by atoms with Gasteiger partial charge in [-0.2, -0.15) is 0 Å². The molecule has 2 heterocycles. The Bertz CT molecular complexity index is 595. The van der Waals surface area contributed by atoms with Gasteiger partial charge in [-0.1, -0.05) is 19.3 Å². The first-order chi connectivity index (χ1) is 12.2. The molecule has 1 aliphatic carbocycles. The number of hydrogen-bond acceptors (Lipinski definition) is 3. The molecule has 0 atom stereocenters. The van der Waals surface area contributed by atoms with Crippen molar-refractivity contribution in [1.29, 1.82) is 0 Å². The second-order valence-electron chi connectivity index (χ2n) is 6.99. The number of hydrogen-bond donors (Lipinski definition) is 1. The van der Waals surface area contributed by atoms with Gasteiger partial charge in [0.25, 0.3) is 0 Å². The summed E-state index contributed by atoms with van der Waals surface area (Å²) in [5, 5.41) is 5.06. The zero-order valence-corrected chi connectivity index (χ0v) is 15.9. The normalized spacial score (nSPS) is 17.9. The molecule has 2 aliphatic rings. The molecule has 1 aromatic rings. The highest BCUT2D eigenvalue weighted by Crippen LogP contribution is 2.24. The number of rotatable bonds is 5. The van der Waals surface area contributed by atoms with E-state index in [0.29, 0.717) is 19.0 Å². The Morgan fingerprint density at radius 1 is 1.32 bits per heavy atom. The van der Waals surface area contributed by atoms with Crippen molar-refractivity contribution in [2.45, 2.75) is 64.5 Å². The molecule has 1 N–H and O–H groups in total. The smallest absolute Gasteiger partial charge is 0.317 e. The summed E-state index contributed by atoms with van der Waals surface area (Å²) in [6.07, 6.45) is 7.27. The van der Waals surface area contributed by atoms with Crippen LogP contribution in [0.4, 0.5) is 4.79 Å². The molecule has 1 fully saturated rings. The van der Waals surface area contributed by atoms with E-state index >= 15 is 0 Å². The van der Waals surface area contributed by atoms with Crippen molar-refractivity contribution in [2.24, 2.45) is 0 Å². The molecule has 0 saturated heterocycles. The van der Waals surface area contributed by atoms with Crippen LogP contribution in [0.1, 0.15) is 55.9 Å². The number of nitrogens with one attached hydrogen (secondary N) is 1. The third kappa shape index (κ3) is 4.54. The summed E-state index contributed by atoms with van der Waals surface area (Å²) in [5.74, 6) is 0.137. The van der Waals surface area contributed by atoms with Crippen LogP contribution in [0, 0.1) is 0 Å². The lowest BCUT2D eigenvalue weighted by Gasteiger charge is -2.33.